The van der Waals surface area contributed by atoms with Crippen LogP contribution in [0.2, 0.25) is 0 Å². The third-order valence-corrected chi connectivity index (χ3v) is 3.02. The number of nitrogens with zero attached hydrogens (tertiary/aromatic N) is 3. The van der Waals surface area contributed by atoms with Gasteiger partial charge in [0.2, 0.25) is 11.7 Å². The molecule has 0 atom stereocenters. The Bertz CT molecular complexity index is 694. The van der Waals surface area contributed by atoms with E-state index in [4.69, 9.17) is 10.3 Å². The van der Waals surface area contributed by atoms with Crippen molar-refractivity contribution in [3.8, 4) is 11.4 Å². The van der Waals surface area contributed by atoms with Gasteiger partial charge in [0.1, 0.15) is 5.82 Å². The average molecular weight is 266 g/mol. The molecule has 0 saturated heterocycles. The highest BCUT2D eigenvalue weighted by Crippen LogP contribution is 2.20. The Morgan fingerprint density at radius 3 is 2.65 bits per heavy atom. The summed E-state index contributed by atoms with van der Waals surface area (Å²) >= 11 is 0. The third kappa shape index (κ3) is 2.66. The normalized spacial score (nSPS) is 10.6. The van der Waals surface area contributed by atoms with Crippen LogP contribution in [0.4, 0.5) is 5.82 Å². The maximum absolute atomic E-state index is 5.79. The largest absolute Gasteiger partial charge is 0.383 e. The van der Waals surface area contributed by atoms with Crippen molar-refractivity contribution in [1.82, 2.24) is 15.1 Å². The van der Waals surface area contributed by atoms with Crippen LogP contribution in [0.15, 0.2) is 53.2 Å². The van der Waals surface area contributed by atoms with Crippen molar-refractivity contribution in [2.24, 2.45) is 0 Å². The van der Waals surface area contributed by atoms with Crippen LogP contribution in [0.25, 0.3) is 11.4 Å². The van der Waals surface area contributed by atoms with Gasteiger partial charge in [-0.15, -0.1) is 0 Å². The van der Waals surface area contributed by atoms with Gasteiger partial charge >= 0.3 is 0 Å². The fraction of sp³-hybridized carbons (Fsp3) is 0.133. The molecule has 0 aliphatic heterocycles. The molecule has 0 amide bonds. The van der Waals surface area contributed by atoms with Crippen LogP contribution in [0.3, 0.4) is 0 Å². The quantitative estimate of drug-likeness (QED) is 0.785. The molecule has 0 radical (unpaired) electrons. The zero-order valence-corrected chi connectivity index (χ0v) is 10.9. The molecule has 0 aliphatic rings. The SMILES string of the molecule is Nc1ncccc1-c1noc(CCc2ccccc2)n1. The van der Waals surface area contributed by atoms with Gasteiger partial charge in [0.05, 0.1) is 5.56 Å². The molecule has 2 N–H and O–H groups in total. The molecular weight excluding hydrogens is 252 g/mol. The van der Waals surface area contributed by atoms with Crippen molar-refractivity contribution in [3.05, 3.63) is 60.1 Å². The highest BCUT2D eigenvalue weighted by atomic mass is 16.5. The van der Waals surface area contributed by atoms with E-state index in [2.05, 4.69) is 27.3 Å². The number of nitrogen functional groups attached to an aromatic ring is 1. The number of aryl methyl sites for hydroxylation is 2. The summed E-state index contributed by atoms with van der Waals surface area (Å²) in [6.07, 6.45) is 3.21. The van der Waals surface area contributed by atoms with Gasteiger partial charge in [-0.3, -0.25) is 0 Å². The van der Waals surface area contributed by atoms with Crippen molar-refractivity contribution >= 4 is 5.82 Å². The number of pyridine rings is 1. The van der Waals surface area contributed by atoms with Crippen LogP contribution < -0.4 is 5.73 Å². The Morgan fingerprint density at radius 1 is 1.00 bits per heavy atom. The molecule has 20 heavy (non-hydrogen) atoms. The molecule has 5 nitrogen and oxygen atoms in total. The lowest BCUT2D eigenvalue weighted by Gasteiger charge is -1.97. The average Bonchev–Trinajstić information content (AvgIpc) is 2.95. The lowest BCUT2D eigenvalue weighted by Crippen LogP contribution is -1.95. The minimum atomic E-state index is 0.405. The lowest BCUT2D eigenvalue weighted by molar-refractivity contribution is 0.379. The summed E-state index contributed by atoms with van der Waals surface area (Å²) in [5.74, 6) is 1.49. The molecule has 0 saturated carbocycles. The van der Waals surface area contributed by atoms with Gasteiger partial charge in [0.25, 0.3) is 0 Å². The molecule has 3 aromatic rings. The minimum Gasteiger partial charge on any atom is -0.383 e. The standard InChI is InChI=1S/C15H14N4O/c16-14-12(7-4-10-17-14)15-18-13(20-19-15)9-8-11-5-2-1-3-6-11/h1-7,10H,8-9H2,(H2,16,17). The predicted molar refractivity (Wildman–Crippen MR) is 75.8 cm³/mol. The Labute approximate surface area is 116 Å². The summed E-state index contributed by atoms with van der Waals surface area (Å²) in [7, 11) is 0. The Kier molecular flexibility index (Phi) is 3.41. The monoisotopic (exact) mass is 266 g/mol. The molecule has 0 fully saturated rings. The Hall–Kier alpha value is -2.69. The molecular formula is C15H14N4O. The summed E-state index contributed by atoms with van der Waals surface area (Å²) in [6, 6.07) is 13.8. The van der Waals surface area contributed by atoms with Gasteiger partial charge in [0, 0.05) is 12.6 Å². The predicted octanol–water partition coefficient (Wildman–Crippen LogP) is 2.50. The van der Waals surface area contributed by atoms with Crippen LogP contribution in [0, 0.1) is 0 Å². The Balaban J connectivity index is 1.73. The van der Waals surface area contributed by atoms with Crippen molar-refractivity contribution in [2.75, 3.05) is 5.73 Å². The molecule has 100 valence electrons. The molecule has 1 aromatic carbocycles. The fourth-order valence-corrected chi connectivity index (χ4v) is 1.97. The highest BCUT2D eigenvalue weighted by Gasteiger charge is 2.11. The molecule has 2 aromatic heterocycles. The maximum atomic E-state index is 5.79. The second-order valence-electron chi connectivity index (χ2n) is 4.43. The van der Waals surface area contributed by atoms with Crippen molar-refractivity contribution in [2.45, 2.75) is 12.8 Å². The number of rotatable bonds is 4. The number of nitrogens with two attached hydrogens (primary N) is 1. The Morgan fingerprint density at radius 2 is 1.85 bits per heavy atom. The minimum absolute atomic E-state index is 0.405. The highest BCUT2D eigenvalue weighted by molar-refractivity contribution is 5.67. The zero-order chi connectivity index (χ0) is 13.8. The molecule has 0 spiro atoms. The van der Waals surface area contributed by atoms with Gasteiger partial charge in [-0.05, 0) is 24.1 Å². The van der Waals surface area contributed by atoms with E-state index < -0.39 is 0 Å². The van der Waals surface area contributed by atoms with E-state index in [0.717, 1.165) is 6.42 Å². The van der Waals surface area contributed by atoms with Crippen molar-refractivity contribution < 1.29 is 4.52 Å². The second-order valence-corrected chi connectivity index (χ2v) is 4.43. The number of aromatic nitrogens is 3. The molecule has 2 heterocycles. The van der Waals surface area contributed by atoms with Crippen LogP contribution in [-0.2, 0) is 12.8 Å². The van der Waals surface area contributed by atoms with Crippen LogP contribution in [0.5, 0.6) is 0 Å². The molecule has 0 bridgehead atoms. The van der Waals surface area contributed by atoms with Gasteiger partial charge in [-0.2, -0.15) is 4.98 Å². The molecule has 5 heteroatoms. The van der Waals surface area contributed by atoms with E-state index in [1.807, 2.05) is 24.3 Å². The lowest BCUT2D eigenvalue weighted by atomic mass is 10.1. The van der Waals surface area contributed by atoms with E-state index in [9.17, 15) is 0 Å². The van der Waals surface area contributed by atoms with E-state index in [1.54, 1.807) is 12.3 Å². The summed E-state index contributed by atoms with van der Waals surface area (Å²) in [6.45, 7) is 0. The number of benzene rings is 1. The first-order valence-corrected chi connectivity index (χ1v) is 6.40. The number of anilines is 1. The third-order valence-electron chi connectivity index (χ3n) is 3.02. The van der Waals surface area contributed by atoms with Crippen LogP contribution in [-0.4, -0.2) is 15.1 Å². The zero-order valence-electron chi connectivity index (χ0n) is 10.9. The summed E-state index contributed by atoms with van der Waals surface area (Å²) in [5.41, 5.74) is 7.73. The van der Waals surface area contributed by atoms with E-state index in [1.165, 1.54) is 5.56 Å². The van der Waals surface area contributed by atoms with E-state index in [-0.39, 0.29) is 0 Å². The van der Waals surface area contributed by atoms with Crippen LogP contribution >= 0.6 is 0 Å². The number of hydrogen-bond donors (Lipinski definition) is 1. The van der Waals surface area contributed by atoms with Gasteiger partial charge in [0.15, 0.2) is 0 Å². The maximum Gasteiger partial charge on any atom is 0.227 e. The molecule has 0 unspecified atom stereocenters. The first kappa shape index (κ1) is 12.3. The topological polar surface area (TPSA) is 77.8 Å². The second kappa shape index (κ2) is 5.52. The molecule has 0 aliphatic carbocycles. The summed E-state index contributed by atoms with van der Waals surface area (Å²) in [5, 5.41) is 3.95. The first-order chi connectivity index (χ1) is 9.83. The van der Waals surface area contributed by atoms with E-state index >= 15 is 0 Å². The van der Waals surface area contributed by atoms with Crippen molar-refractivity contribution in [1.29, 1.82) is 0 Å². The van der Waals surface area contributed by atoms with Gasteiger partial charge in [-0.25, -0.2) is 4.98 Å². The van der Waals surface area contributed by atoms with Gasteiger partial charge < -0.3 is 10.3 Å². The number of hydrogen-bond acceptors (Lipinski definition) is 5. The fourth-order valence-electron chi connectivity index (χ4n) is 1.97. The smallest absolute Gasteiger partial charge is 0.227 e. The van der Waals surface area contributed by atoms with E-state index in [0.29, 0.717) is 29.5 Å². The summed E-state index contributed by atoms with van der Waals surface area (Å²) < 4.78 is 5.25. The van der Waals surface area contributed by atoms with Crippen LogP contribution in [0.1, 0.15) is 11.5 Å². The molecule has 3 rings (SSSR count). The van der Waals surface area contributed by atoms with Crippen molar-refractivity contribution in [3.63, 3.8) is 0 Å². The van der Waals surface area contributed by atoms with Gasteiger partial charge in [-0.1, -0.05) is 35.5 Å². The summed E-state index contributed by atoms with van der Waals surface area (Å²) in [4.78, 5) is 8.37. The first-order valence-electron chi connectivity index (χ1n) is 6.40.